The Kier molecular flexibility index (Phi) is 6.63. The van der Waals surface area contributed by atoms with Crippen LogP contribution in [0.2, 0.25) is 0 Å². The largest absolute Gasteiger partial charge is 0.340 e. The van der Waals surface area contributed by atoms with Crippen LogP contribution in [0.15, 0.2) is 72.8 Å². The Bertz CT molecular complexity index is 1310. The molecule has 0 spiro atoms. The van der Waals surface area contributed by atoms with Gasteiger partial charge in [-0.25, -0.2) is 18.6 Å². The van der Waals surface area contributed by atoms with E-state index >= 15 is 0 Å². The summed E-state index contributed by atoms with van der Waals surface area (Å²) in [5.41, 5.74) is 3.95. The maximum Gasteiger partial charge on any atom is 0.323 e. The summed E-state index contributed by atoms with van der Waals surface area (Å²) in [5, 5.41) is 11.3. The molecular formula is C25H22F2N6O. The molecule has 0 aliphatic rings. The standard InChI is InChI=1S/C25H22F2N6O/c1-15-3-6-18(7-4-15)29-23-13-16(2)28-24(33-23)30-19-8-10-20(11-9-19)31-25(34)32-22-12-5-17(26)14-21(22)27/h3-14H,1-2H3,(H2,31,32,34)(H2,28,29,30,33). The number of carbonyl (C=O) groups excluding carboxylic acids is 1. The summed E-state index contributed by atoms with van der Waals surface area (Å²) >= 11 is 0. The van der Waals surface area contributed by atoms with Crippen LogP contribution in [0, 0.1) is 25.5 Å². The molecule has 7 nitrogen and oxygen atoms in total. The van der Waals surface area contributed by atoms with Gasteiger partial charge in [-0.2, -0.15) is 4.98 Å². The molecule has 0 saturated carbocycles. The number of anilines is 6. The molecule has 3 aromatic carbocycles. The Morgan fingerprint density at radius 1 is 0.735 bits per heavy atom. The van der Waals surface area contributed by atoms with E-state index in [0.29, 0.717) is 29.2 Å². The SMILES string of the molecule is Cc1ccc(Nc2cc(C)nc(Nc3ccc(NC(=O)Nc4ccc(F)cc4F)cc3)n2)cc1. The van der Waals surface area contributed by atoms with Crippen LogP contribution in [0.25, 0.3) is 0 Å². The van der Waals surface area contributed by atoms with E-state index in [9.17, 15) is 13.6 Å². The van der Waals surface area contributed by atoms with E-state index in [4.69, 9.17) is 0 Å². The summed E-state index contributed by atoms with van der Waals surface area (Å²) < 4.78 is 26.7. The zero-order valence-corrected chi connectivity index (χ0v) is 18.5. The maximum atomic E-state index is 13.7. The van der Waals surface area contributed by atoms with E-state index in [1.165, 1.54) is 5.56 Å². The summed E-state index contributed by atoms with van der Waals surface area (Å²) in [4.78, 5) is 21.0. The zero-order chi connectivity index (χ0) is 24.1. The number of nitrogens with zero attached hydrogens (tertiary/aromatic N) is 2. The zero-order valence-electron chi connectivity index (χ0n) is 18.5. The summed E-state index contributed by atoms with van der Waals surface area (Å²) in [5.74, 6) is -0.507. The fraction of sp³-hybridized carbons (Fsp3) is 0.0800. The van der Waals surface area contributed by atoms with Gasteiger partial charge in [-0.15, -0.1) is 0 Å². The lowest BCUT2D eigenvalue weighted by Gasteiger charge is -2.11. The molecule has 1 aromatic heterocycles. The summed E-state index contributed by atoms with van der Waals surface area (Å²) in [7, 11) is 0. The van der Waals surface area contributed by atoms with Crippen LogP contribution < -0.4 is 21.3 Å². The number of halogens is 2. The maximum absolute atomic E-state index is 13.7. The average molecular weight is 460 g/mol. The van der Waals surface area contributed by atoms with Crippen LogP contribution in [0.1, 0.15) is 11.3 Å². The van der Waals surface area contributed by atoms with Gasteiger partial charge in [0, 0.05) is 34.9 Å². The molecule has 172 valence electrons. The van der Waals surface area contributed by atoms with Crippen LogP contribution in [-0.2, 0) is 0 Å². The molecule has 0 aliphatic carbocycles. The molecule has 34 heavy (non-hydrogen) atoms. The van der Waals surface area contributed by atoms with Crippen LogP contribution >= 0.6 is 0 Å². The van der Waals surface area contributed by atoms with Crippen molar-refractivity contribution in [3.05, 3.63) is 95.7 Å². The van der Waals surface area contributed by atoms with E-state index in [-0.39, 0.29) is 5.69 Å². The smallest absolute Gasteiger partial charge is 0.323 e. The molecule has 1 heterocycles. The number of carbonyl (C=O) groups is 1. The lowest BCUT2D eigenvalue weighted by molar-refractivity contribution is 0.262. The Balaban J connectivity index is 1.38. The number of urea groups is 1. The molecule has 0 bridgehead atoms. The first kappa shape index (κ1) is 22.7. The summed E-state index contributed by atoms with van der Waals surface area (Å²) in [6.45, 7) is 3.90. The monoisotopic (exact) mass is 460 g/mol. The van der Waals surface area contributed by atoms with Gasteiger partial charge in [0.2, 0.25) is 5.95 Å². The van der Waals surface area contributed by atoms with Gasteiger partial charge in [0.25, 0.3) is 0 Å². The van der Waals surface area contributed by atoms with Gasteiger partial charge in [0.15, 0.2) is 0 Å². The van der Waals surface area contributed by atoms with Crippen LogP contribution in [0.4, 0.5) is 48.1 Å². The minimum atomic E-state index is -0.857. The van der Waals surface area contributed by atoms with Crippen molar-refractivity contribution >= 4 is 40.5 Å². The van der Waals surface area contributed by atoms with Crippen molar-refractivity contribution in [1.82, 2.24) is 9.97 Å². The molecule has 0 fully saturated rings. The Morgan fingerprint density at radius 3 is 2.09 bits per heavy atom. The van der Waals surface area contributed by atoms with E-state index in [0.717, 1.165) is 23.5 Å². The molecule has 9 heteroatoms. The van der Waals surface area contributed by atoms with Crippen molar-refractivity contribution in [2.45, 2.75) is 13.8 Å². The highest BCUT2D eigenvalue weighted by atomic mass is 19.1. The molecule has 0 radical (unpaired) electrons. The predicted molar refractivity (Wildman–Crippen MR) is 130 cm³/mol. The van der Waals surface area contributed by atoms with Gasteiger partial charge in [0.05, 0.1) is 5.69 Å². The lowest BCUT2D eigenvalue weighted by Crippen LogP contribution is -2.20. The van der Waals surface area contributed by atoms with E-state index < -0.39 is 17.7 Å². The Hall–Kier alpha value is -4.53. The highest BCUT2D eigenvalue weighted by molar-refractivity contribution is 5.99. The average Bonchev–Trinajstić information content (AvgIpc) is 2.78. The quantitative estimate of drug-likeness (QED) is 0.264. The third-order valence-electron chi connectivity index (χ3n) is 4.76. The first-order valence-corrected chi connectivity index (χ1v) is 10.4. The second kappa shape index (κ2) is 9.95. The van der Waals surface area contributed by atoms with Crippen molar-refractivity contribution in [2.75, 3.05) is 21.3 Å². The minimum absolute atomic E-state index is 0.121. The number of nitrogens with one attached hydrogen (secondary N) is 4. The fourth-order valence-corrected chi connectivity index (χ4v) is 3.11. The fourth-order valence-electron chi connectivity index (χ4n) is 3.11. The topological polar surface area (TPSA) is 91.0 Å². The second-order valence-electron chi connectivity index (χ2n) is 7.61. The third-order valence-corrected chi connectivity index (χ3v) is 4.76. The number of rotatable bonds is 6. The van der Waals surface area contributed by atoms with Crippen molar-refractivity contribution < 1.29 is 13.6 Å². The van der Waals surface area contributed by atoms with Crippen molar-refractivity contribution in [2.24, 2.45) is 0 Å². The van der Waals surface area contributed by atoms with Gasteiger partial charge in [-0.05, 0) is 62.4 Å². The van der Waals surface area contributed by atoms with Crippen molar-refractivity contribution in [3.63, 3.8) is 0 Å². The van der Waals surface area contributed by atoms with Crippen LogP contribution in [0.3, 0.4) is 0 Å². The number of amides is 2. The summed E-state index contributed by atoms with van der Waals surface area (Å²) in [6.07, 6.45) is 0. The van der Waals surface area contributed by atoms with Crippen molar-refractivity contribution in [1.29, 1.82) is 0 Å². The number of hydrogen-bond donors (Lipinski definition) is 4. The third kappa shape index (κ3) is 6.04. The molecule has 4 aromatic rings. The normalized spacial score (nSPS) is 10.5. The highest BCUT2D eigenvalue weighted by Gasteiger charge is 2.09. The molecule has 0 saturated heterocycles. The van der Waals surface area contributed by atoms with E-state index in [1.54, 1.807) is 24.3 Å². The second-order valence-corrected chi connectivity index (χ2v) is 7.61. The number of benzene rings is 3. The first-order chi connectivity index (χ1) is 16.3. The van der Waals surface area contributed by atoms with Gasteiger partial charge < -0.3 is 21.3 Å². The number of hydrogen-bond acceptors (Lipinski definition) is 5. The molecular weight excluding hydrogens is 438 g/mol. The highest BCUT2D eigenvalue weighted by Crippen LogP contribution is 2.21. The van der Waals surface area contributed by atoms with Gasteiger partial charge in [-0.3, -0.25) is 0 Å². The van der Waals surface area contributed by atoms with E-state index in [2.05, 4.69) is 31.2 Å². The number of aromatic nitrogens is 2. The Morgan fingerprint density at radius 2 is 1.38 bits per heavy atom. The molecule has 4 rings (SSSR count). The molecule has 0 unspecified atom stereocenters. The van der Waals surface area contributed by atoms with Gasteiger partial charge >= 0.3 is 6.03 Å². The molecule has 0 atom stereocenters. The van der Waals surface area contributed by atoms with E-state index in [1.807, 2.05) is 44.2 Å². The molecule has 4 N–H and O–H groups in total. The lowest BCUT2D eigenvalue weighted by atomic mass is 10.2. The minimum Gasteiger partial charge on any atom is -0.340 e. The van der Waals surface area contributed by atoms with Gasteiger partial charge in [0.1, 0.15) is 17.5 Å². The van der Waals surface area contributed by atoms with Crippen LogP contribution in [-0.4, -0.2) is 16.0 Å². The summed E-state index contributed by atoms with van der Waals surface area (Å²) in [6, 6.07) is 18.9. The molecule has 2 amide bonds. The van der Waals surface area contributed by atoms with Crippen LogP contribution in [0.5, 0.6) is 0 Å². The van der Waals surface area contributed by atoms with Gasteiger partial charge in [-0.1, -0.05) is 17.7 Å². The van der Waals surface area contributed by atoms with Crippen molar-refractivity contribution in [3.8, 4) is 0 Å². The Labute approximate surface area is 195 Å². The predicted octanol–water partition coefficient (Wildman–Crippen LogP) is 6.50. The molecule has 0 aliphatic heterocycles. The first-order valence-electron chi connectivity index (χ1n) is 10.4. The number of aryl methyl sites for hydroxylation is 2.